The molecule has 2 heterocycles. The minimum atomic E-state index is 0.105. The van der Waals surface area contributed by atoms with E-state index in [1.165, 1.54) is 5.56 Å². The van der Waals surface area contributed by atoms with E-state index in [1.54, 1.807) is 7.11 Å². The fraction of sp³-hybridized carbons (Fsp3) is 0.304. The highest BCUT2D eigenvalue weighted by atomic mass is 16.5. The summed E-state index contributed by atoms with van der Waals surface area (Å²) in [6.07, 6.45) is 0.981. The molecule has 6 nitrogen and oxygen atoms in total. The van der Waals surface area contributed by atoms with Gasteiger partial charge in [0.2, 0.25) is 0 Å². The monoisotopic (exact) mass is 390 g/mol. The van der Waals surface area contributed by atoms with Crippen molar-refractivity contribution >= 4 is 11.7 Å². The number of methoxy groups -OCH3 is 1. The van der Waals surface area contributed by atoms with Crippen LogP contribution in [-0.2, 0) is 6.42 Å². The van der Waals surface area contributed by atoms with E-state index in [2.05, 4.69) is 28.1 Å². The van der Waals surface area contributed by atoms with Crippen molar-refractivity contribution in [1.82, 2.24) is 15.1 Å². The molecule has 2 aromatic carbocycles. The summed E-state index contributed by atoms with van der Waals surface area (Å²) >= 11 is 0. The largest absolute Gasteiger partial charge is 0.497 e. The van der Waals surface area contributed by atoms with Crippen molar-refractivity contribution in [2.75, 3.05) is 38.2 Å². The number of aryl methyl sites for hydroxylation is 1. The van der Waals surface area contributed by atoms with Gasteiger partial charge in [0.25, 0.3) is 5.91 Å². The number of amides is 1. The Hall–Kier alpha value is -3.28. The van der Waals surface area contributed by atoms with Crippen molar-refractivity contribution in [3.8, 4) is 17.0 Å². The number of nitrogens with one attached hydrogen (secondary N) is 1. The lowest BCUT2D eigenvalue weighted by Gasteiger charge is -2.34. The van der Waals surface area contributed by atoms with Gasteiger partial charge in [0.05, 0.1) is 12.8 Å². The summed E-state index contributed by atoms with van der Waals surface area (Å²) in [7, 11) is 1.66. The lowest BCUT2D eigenvalue weighted by atomic mass is 10.1. The van der Waals surface area contributed by atoms with Crippen molar-refractivity contribution in [1.29, 1.82) is 0 Å². The topological polar surface area (TPSA) is 61.5 Å². The summed E-state index contributed by atoms with van der Waals surface area (Å²) < 4.78 is 5.21. The summed E-state index contributed by atoms with van der Waals surface area (Å²) in [4.78, 5) is 16.9. The second-order valence-corrected chi connectivity index (χ2v) is 7.20. The molecule has 4 rings (SSSR count). The third-order valence-corrected chi connectivity index (χ3v) is 5.47. The molecule has 0 radical (unpaired) electrons. The molecule has 0 atom stereocenters. The van der Waals surface area contributed by atoms with Gasteiger partial charge in [0.1, 0.15) is 5.75 Å². The zero-order chi connectivity index (χ0) is 20.2. The van der Waals surface area contributed by atoms with Gasteiger partial charge in [0.15, 0.2) is 5.82 Å². The van der Waals surface area contributed by atoms with E-state index in [0.29, 0.717) is 13.1 Å². The van der Waals surface area contributed by atoms with Crippen molar-refractivity contribution in [2.24, 2.45) is 0 Å². The third kappa shape index (κ3) is 4.11. The van der Waals surface area contributed by atoms with Crippen LogP contribution in [0.25, 0.3) is 11.3 Å². The van der Waals surface area contributed by atoms with Crippen LogP contribution >= 0.6 is 0 Å². The quantitative estimate of drug-likeness (QED) is 0.723. The summed E-state index contributed by atoms with van der Waals surface area (Å²) in [5.74, 6) is 1.85. The number of nitrogens with zero attached hydrogens (tertiary/aromatic N) is 3. The molecule has 29 heavy (non-hydrogen) atoms. The van der Waals surface area contributed by atoms with Crippen LogP contribution in [0.2, 0.25) is 0 Å². The number of piperazine rings is 1. The number of anilines is 1. The second-order valence-electron chi connectivity index (χ2n) is 7.20. The molecular weight excluding hydrogens is 364 g/mol. The van der Waals surface area contributed by atoms with Crippen LogP contribution in [0.4, 0.5) is 5.82 Å². The van der Waals surface area contributed by atoms with Gasteiger partial charge in [-0.3, -0.25) is 9.89 Å². The number of hydrogen-bond donors (Lipinski definition) is 1. The van der Waals surface area contributed by atoms with Gasteiger partial charge in [-0.1, -0.05) is 19.1 Å². The molecule has 3 aromatic rings. The Morgan fingerprint density at radius 1 is 1.03 bits per heavy atom. The molecule has 1 N–H and O–H groups in total. The first-order chi connectivity index (χ1) is 14.2. The van der Waals surface area contributed by atoms with E-state index in [4.69, 9.17) is 4.74 Å². The number of hydrogen-bond acceptors (Lipinski definition) is 4. The molecule has 1 saturated heterocycles. The Morgan fingerprint density at radius 3 is 2.34 bits per heavy atom. The maximum atomic E-state index is 12.8. The molecule has 0 spiro atoms. The van der Waals surface area contributed by atoms with E-state index in [0.717, 1.165) is 47.9 Å². The van der Waals surface area contributed by atoms with Crippen molar-refractivity contribution in [3.63, 3.8) is 0 Å². The molecule has 0 saturated carbocycles. The lowest BCUT2D eigenvalue weighted by Crippen LogP contribution is -2.48. The molecule has 6 heteroatoms. The lowest BCUT2D eigenvalue weighted by molar-refractivity contribution is 0.0746. The fourth-order valence-electron chi connectivity index (χ4n) is 3.60. The Bertz CT molecular complexity index is 955. The van der Waals surface area contributed by atoms with Crippen LogP contribution in [0.1, 0.15) is 22.8 Å². The molecule has 150 valence electrons. The summed E-state index contributed by atoms with van der Waals surface area (Å²) in [5.41, 5.74) is 4.04. The van der Waals surface area contributed by atoms with E-state index < -0.39 is 0 Å². The van der Waals surface area contributed by atoms with E-state index in [9.17, 15) is 4.79 Å². The van der Waals surface area contributed by atoms with Gasteiger partial charge in [-0.05, 0) is 53.9 Å². The molecule has 1 aliphatic heterocycles. The number of ether oxygens (including phenoxy) is 1. The summed E-state index contributed by atoms with van der Waals surface area (Å²) in [6.45, 7) is 5.04. The Morgan fingerprint density at radius 2 is 1.72 bits per heavy atom. The van der Waals surface area contributed by atoms with Gasteiger partial charge in [-0.15, -0.1) is 0 Å². The first kappa shape index (κ1) is 19.1. The van der Waals surface area contributed by atoms with Crippen LogP contribution < -0.4 is 9.64 Å². The highest BCUT2D eigenvalue weighted by molar-refractivity contribution is 5.94. The number of aromatic amines is 1. The molecule has 1 aliphatic rings. The smallest absolute Gasteiger partial charge is 0.253 e. The standard InChI is InChI=1S/C23H26N4O2/c1-3-17-4-6-19(7-5-17)23(28)27-14-12-26(13-15-27)22-16-21(24-25-22)18-8-10-20(29-2)11-9-18/h4-11,16H,3,12-15H2,1-2H3,(H,24,25). The van der Waals surface area contributed by atoms with Crippen LogP contribution in [-0.4, -0.2) is 54.3 Å². The molecule has 0 bridgehead atoms. The molecule has 1 aromatic heterocycles. The van der Waals surface area contributed by atoms with E-state index in [-0.39, 0.29) is 5.91 Å². The average Bonchev–Trinajstić information content (AvgIpc) is 3.29. The number of carbonyl (C=O) groups excluding carboxylic acids is 1. The highest BCUT2D eigenvalue weighted by Crippen LogP contribution is 2.24. The van der Waals surface area contributed by atoms with E-state index in [1.807, 2.05) is 53.4 Å². The molecule has 1 fully saturated rings. The Kier molecular flexibility index (Phi) is 5.51. The van der Waals surface area contributed by atoms with Crippen molar-refractivity contribution in [3.05, 3.63) is 65.7 Å². The van der Waals surface area contributed by atoms with Crippen LogP contribution in [0.3, 0.4) is 0 Å². The zero-order valence-corrected chi connectivity index (χ0v) is 16.9. The number of H-pyrrole nitrogens is 1. The number of aromatic nitrogens is 2. The van der Waals surface area contributed by atoms with Gasteiger partial charge >= 0.3 is 0 Å². The molecule has 0 unspecified atom stereocenters. The summed E-state index contributed by atoms with van der Waals surface area (Å²) in [5, 5.41) is 7.59. The number of carbonyl (C=O) groups is 1. The maximum Gasteiger partial charge on any atom is 0.253 e. The second kappa shape index (κ2) is 8.39. The summed E-state index contributed by atoms with van der Waals surface area (Å²) in [6, 6.07) is 17.9. The van der Waals surface area contributed by atoms with Gasteiger partial charge < -0.3 is 14.5 Å². The van der Waals surface area contributed by atoms with Crippen molar-refractivity contribution in [2.45, 2.75) is 13.3 Å². The molecular formula is C23H26N4O2. The maximum absolute atomic E-state index is 12.8. The highest BCUT2D eigenvalue weighted by Gasteiger charge is 2.23. The predicted octanol–water partition coefficient (Wildman–Crippen LogP) is 3.61. The predicted molar refractivity (Wildman–Crippen MR) is 115 cm³/mol. The van der Waals surface area contributed by atoms with E-state index >= 15 is 0 Å². The normalized spacial score (nSPS) is 14.1. The van der Waals surface area contributed by atoms with Crippen LogP contribution in [0.15, 0.2) is 54.6 Å². The third-order valence-electron chi connectivity index (χ3n) is 5.47. The zero-order valence-electron chi connectivity index (χ0n) is 16.9. The minimum absolute atomic E-state index is 0.105. The SMILES string of the molecule is CCc1ccc(C(=O)N2CCN(c3cc(-c4ccc(OC)cc4)[nH]n3)CC2)cc1. The minimum Gasteiger partial charge on any atom is -0.497 e. The molecule has 1 amide bonds. The first-order valence-electron chi connectivity index (χ1n) is 10.0. The van der Waals surface area contributed by atoms with Crippen molar-refractivity contribution < 1.29 is 9.53 Å². The Labute approximate surface area is 171 Å². The molecule has 0 aliphatic carbocycles. The van der Waals surface area contributed by atoms with Gasteiger partial charge in [0, 0.05) is 37.8 Å². The van der Waals surface area contributed by atoms with Crippen LogP contribution in [0.5, 0.6) is 5.75 Å². The fourth-order valence-corrected chi connectivity index (χ4v) is 3.60. The number of rotatable bonds is 5. The Balaban J connectivity index is 1.38. The number of benzene rings is 2. The average molecular weight is 390 g/mol. The first-order valence-corrected chi connectivity index (χ1v) is 10.0. The van der Waals surface area contributed by atoms with Gasteiger partial charge in [-0.25, -0.2) is 0 Å². The van der Waals surface area contributed by atoms with Gasteiger partial charge in [-0.2, -0.15) is 5.10 Å². The van der Waals surface area contributed by atoms with Crippen LogP contribution in [0, 0.1) is 0 Å².